The first-order chi connectivity index (χ1) is 33.2. The fraction of sp³-hybridized carbons (Fsp3) is 0.271. The van der Waals surface area contributed by atoms with Crippen LogP contribution in [0.15, 0.2) is 187 Å². The molecule has 1 fully saturated rings. The van der Waals surface area contributed by atoms with Crippen LogP contribution >= 0.6 is 0 Å². The molecule has 1 aliphatic heterocycles. The minimum absolute atomic E-state index is 0.0138. The molecule has 1 aliphatic rings. The quantitative estimate of drug-likeness (QED) is 0.112. The number of hydrogen-bond donors (Lipinski definition) is 2. The minimum Gasteiger partial charge on any atom is -0.493 e. The van der Waals surface area contributed by atoms with Crippen molar-refractivity contribution in [3.8, 4) is 28.3 Å². The lowest BCUT2D eigenvalue weighted by atomic mass is 9.92. The van der Waals surface area contributed by atoms with E-state index >= 15 is 0 Å². The first kappa shape index (κ1) is 49.2. The van der Waals surface area contributed by atoms with Gasteiger partial charge in [0, 0.05) is 44.3 Å². The van der Waals surface area contributed by atoms with E-state index in [1.807, 2.05) is 117 Å². The zero-order valence-corrected chi connectivity index (χ0v) is 40.4. The third kappa shape index (κ3) is 12.2. The monoisotopic (exact) mass is 910 g/mol. The molecule has 9 heteroatoms. The van der Waals surface area contributed by atoms with Gasteiger partial charge in [0.05, 0.1) is 31.1 Å². The van der Waals surface area contributed by atoms with Crippen LogP contribution in [0.4, 0.5) is 0 Å². The van der Waals surface area contributed by atoms with Crippen molar-refractivity contribution in [1.29, 1.82) is 0 Å². The van der Waals surface area contributed by atoms with Gasteiger partial charge in [-0.2, -0.15) is 0 Å². The third-order valence-electron chi connectivity index (χ3n) is 12.7. The van der Waals surface area contributed by atoms with E-state index in [-0.39, 0.29) is 29.9 Å². The number of para-hydroxylation sites is 3. The number of nitrogens with two attached hydrogens (primary N) is 1. The molecule has 0 bridgehead atoms. The highest BCUT2D eigenvalue weighted by Gasteiger charge is 2.31. The van der Waals surface area contributed by atoms with Crippen LogP contribution in [0.25, 0.3) is 27.6 Å². The Balaban J connectivity index is 0.000000155. The van der Waals surface area contributed by atoms with Crippen molar-refractivity contribution in [2.75, 3.05) is 33.9 Å². The number of morpholine rings is 1. The van der Waals surface area contributed by atoms with E-state index in [1.165, 1.54) is 38.6 Å². The number of fused-ring (bicyclic) bond motifs is 1. The predicted octanol–water partition coefficient (Wildman–Crippen LogP) is 11.3. The van der Waals surface area contributed by atoms with Gasteiger partial charge in [-0.3, -0.25) is 14.4 Å². The number of nitrogens with one attached hydrogen (secondary N) is 1. The minimum atomic E-state index is 0.0138. The maximum absolute atomic E-state index is 13.2. The van der Waals surface area contributed by atoms with Gasteiger partial charge < -0.3 is 25.3 Å². The molecule has 9 nitrogen and oxygen atoms in total. The van der Waals surface area contributed by atoms with Gasteiger partial charge in [0.2, 0.25) is 0 Å². The van der Waals surface area contributed by atoms with Crippen molar-refractivity contribution >= 4 is 10.8 Å². The number of methoxy groups -OCH3 is 1. The molecule has 1 aromatic heterocycles. The zero-order chi connectivity index (χ0) is 47.8. The topological polar surface area (TPSA) is 95.9 Å². The average molecular weight is 910 g/mol. The molecule has 4 atom stereocenters. The van der Waals surface area contributed by atoms with Gasteiger partial charge >= 0.3 is 0 Å². The first-order valence-corrected chi connectivity index (χ1v) is 23.7. The summed E-state index contributed by atoms with van der Waals surface area (Å²) in [4.78, 5) is 15.6. The van der Waals surface area contributed by atoms with Crippen molar-refractivity contribution in [3.63, 3.8) is 0 Å². The lowest BCUT2D eigenvalue weighted by molar-refractivity contribution is -0.0704. The average Bonchev–Trinajstić information content (AvgIpc) is 3.59. The highest BCUT2D eigenvalue weighted by atomic mass is 16.5. The van der Waals surface area contributed by atoms with E-state index in [0.717, 1.165) is 54.4 Å². The fourth-order valence-electron chi connectivity index (χ4n) is 8.96. The zero-order valence-electron chi connectivity index (χ0n) is 40.4. The Morgan fingerprint density at radius 3 is 2.06 bits per heavy atom. The van der Waals surface area contributed by atoms with Crippen LogP contribution in [0.3, 0.4) is 0 Å². The highest BCUT2D eigenvalue weighted by molar-refractivity contribution is 5.97. The lowest BCUT2D eigenvalue weighted by Crippen LogP contribution is -2.45. The number of nitrogens with zero attached hydrogens (tertiary/aromatic N) is 3. The first-order valence-electron chi connectivity index (χ1n) is 23.7. The molecule has 3 N–H and O–H groups in total. The molecule has 0 radical (unpaired) electrons. The molecule has 0 saturated carbocycles. The molecule has 0 aliphatic carbocycles. The second kappa shape index (κ2) is 24.3. The predicted molar refractivity (Wildman–Crippen MR) is 279 cm³/mol. The number of aromatic nitrogens is 2. The largest absolute Gasteiger partial charge is 0.493 e. The van der Waals surface area contributed by atoms with Gasteiger partial charge in [0.15, 0.2) is 11.5 Å². The molecule has 1 saturated heterocycles. The second-order valence-electron chi connectivity index (χ2n) is 17.4. The normalized spacial score (nSPS) is 15.6. The van der Waals surface area contributed by atoms with Crippen LogP contribution in [-0.2, 0) is 24.8 Å². The Kier molecular flexibility index (Phi) is 17.6. The number of ether oxygens (including phenoxy) is 3. The summed E-state index contributed by atoms with van der Waals surface area (Å²) in [5, 5.41) is 5.75. The summed E-state index contributed by atoms with van der Waals surface area (Å²) in [6.45, 7) is 9.29. The van der Waals surface area contributed by atoms with Gasteiger partial charge in [-0.05, 0) is 104 Å². The Hall–Kier alpha value is -6.75. The van der Waals surface area contributed by atoms with E-state index in [9.17, 15) is 4.79 Å². The van der Waals surface area contributed by atoms with Gasteiger partial charge in [0.25, 0.3) is 5.56 Å². The molecule has 9 rings (SSSR count). The molecule has 8 aromatic rings. The molecular formula is C59H67N5O4. The van der Waals surface area contributed by atoms with E-state index in [2.05, 4.69) is 115 Å². The molecule has 2 heterocycles. The van der Waals surface area contributed by atoms with Gasteiger partial charge in [-0.1, -0.05) is 158 Å². The Morgan fingerprint density at radius 1 is 0.750 bits per heavy atom. The van der Waals surface area contributed by atoms with Crippen LogP contribution in [0, 0.1) is 6.92 Å². The number of benzene rings is 7. The second-order valence-corrected chi connectivity index (χ2v) is 17.4. The maximum atomic E-state index is 13.2. The standard InChI is InChI=1S/C23H27N3O2.C19H19N.C17H21NO2/c1-17-21(23(27)26(24(17)3)20-12-8-5-9-13-20)16-25-14-15-28-22(18(25)2)19-10-6-4-7-11-19;1-14(20)13-16-8-3-5-11-18(16)19-12-6-9-15-7-2-4-10-17(15)19;1-18-13-12-15(14-8-4-3-5-9-14)20-17-11-7-6-10-16(17)19-2/h4-13,18,22H,14-16H2,1-3H3;2-12,14H,13,20H2,1H3;3-11,15,18H,12-13H2,1-2H3. The van der Waals surface area contributed by atoms with Crippen LogP contribution in [0.1, 0.15) is 60.4 Å². The molecule has 0 amide bonds. The van der Waals surface area contributed by atoms with Crippen LogP contribution in [-0.4, -0.2) is 60.2 Å². The van der Waals surface area contributed by atoms with E-state index < -0.39 is 0 Å². The summed E-state index contributed by atoms with van der Waals surface area (Å²) in [6, 6.07) is 62.1. The SMILES string of the molecule is CC(N)Cc1ccccc1-c1cccc2ccccc12.CNCCC(Oc1ccccc1OC)c1ccccc1.Cc1c(CN2CCOC(c3ccccc3)C2C)c(=O)n(-c2ccccc2)n1C. The van der Waals surface area contributed by atoms with Crippen LogP contribution in [0.2, 0.25) is 0 Å². The van der Waals surface area contributed by atoms with Gasteiger partial charge in [-0.25, -0.2) is 4.68 Å². The fourth-order valence-corrected chi connectivity index (χ4v) is 8.96. The molecule has 68 heavy (non-hydrogen) atoms. The summed E-state index contributed by atoms with van der Waals surface area (Å²) in [5.74, 6) is 1.54. The molecule has 4 unspecified atom stereocenters. The summed E-state index contributed by atoms with van der Waals surface area (Å²) >= 11 is 0. The van der Waals surface area contributed by atoms with Crippen molar-refractivity contribution < 1.29 is 14.2 Å². The summed E-state index contributed by atoms with van der Waals surface area (Å²) in [5.41, 5.74) is 15.1. The molecular weight excluding hydrogens is 843 g/mol. The Labute approximate surface area is 402 Å². The molecule has 352 valence electrons. The maximum Gasteiger partial charge on any atom is 0.276 e. The van der Waals surface area contributed by atoms with Crippen molar-refractivity contribution in [3.05, 3.63) is 220 Å². The number of rotatable bonds is 14. The van der Waals surface area contributed by atoms with Gasteiger partial charge in [0.1, 0.15) is 6.10 Å². The summed E-state index contributed by atoms with van der Waals surface area (Å²) in [7, 11) is 5.56. The van der Waals surface area contributed by atoms with Crippen molar-refractivity contribution in [1.82, 2.24) is 19.6 Å². The Bertz CT molecular complexity index is 2840. The Morgan fingerprint density at radius 2 is 1.35 bits per heavy atom. The molecule has 7 aromatic carbocycles. The summed E-state index contributed by atoms with van der Waals surface area (Å²) < 4.78 is 21.3. The highest BCUT2D eigenvalue weighted by Crippen LogP contribution is 2.34. The molecule has 0 spiro atoms. The lowest BCUT2D eigenvalue weighted by Gasteiger charge is -2.39. The van der Waals surface area contributed by atoms with Crippen molar-refractivity contribution in [2.24, 2.45) is 12.8 Å². The van der Waals surface area contributed by atoms with Crippen LogP contribution < -0.4 is 26.1 Å². The van der Waals surface area contributed by atoms with Crippen LogP contribution in [0.5, 0.6) is 11.5 Å². The van der Waals surface area contributed by atoms with Gasteiger partial charge in [-0.15, -0.1) is 0 Å². The third-order valence-corrected chi connectivity index (χ3v) is 12.7. The van der Waals surface area contributed by atoms with E-state index in [1.54, 1.807) is 11.8 Å². The van der Waals surface area contributed by atoms with E-state index in [4.69, 9.17) is 19.9 Å². The summed E-state index contributed by atoms with van der Waals surface area (Å²) in [6.07, 6.45) is 1.84. The van der Waals surface area contributed by atoms with E-state index in [0.29, 0.717) is 13.2 Å². The smallest absolute Gasteiger partial charge is 0.276 e. The van der Waals surface area contributed by atoms with Crippen molar-refractivity contribution in [2.45, 2.75) is 64.4 Å². The number of hydrogen-bond acceptors (Lipinski definition) is 7.